The molecular formula is C10H19NO. The summed E-state index contributed by atoms with van der Waals surface area (Å²) in [5, 5.41) is 3.16. The fourth-order valence-corrected chi connectivity index (χ4v) is 1.35. The van der Waals surface area contributed by atoms with Crippen molar-refractivity contribution in [3.8, 4) is 0 Å². The van der Waals surface area contributed by atoms with Gasteiger partial charge in [-0.25, -0.2) is 0 Å². The molecule has 2 heteroatoms. The lowest BCUT2D eigenvalue weighted by Crippen LogP contribution is -2.28. The monoisotopic (exact) mass is 169 g/mol. The van der Waals surface area contributed by atoms with Gasteiger partial charge in [-0.2, -0.15) is 4.91 Å². The van der Waals surface area contributed by atoms with Crippen molar-refractivity contribution in [1.29, 1.82) is 0 Å². The van der Waals surface area contributed by atoms with Crippen LogP contribution in [-0.2, 0) is 0 Å². The molecule has 0 amide bonds. The van der Waals surface area contributed by atoms with Gasteiger partial charge >= 0.3 is 0 Å². The van der Waals surface area contributed by atoms with Gasteiger partial charge in [0.1, 0.15) is 6.04 Å². The van der Waals surface area contributed by atoms with Crippen molar-refractivity contribution in [3.63, 3.8) is 0 Å². The molecule has 0 aromatic carbocycles. The molecule has 0 aromatic rings. The second kappa shape index (κ2) is 4.39. The molecule has 0 aliphatic rings. The first-order chi connectivity index (χ1) is 5.50. The van der Waals surface area contributed by atoms with Gasteiger partial charge in [-0.05, 0) is 20.3 Å². The van der Waals surface area contributed by atoms with E-state index >= 15 is 0 Å². The van der Waals surface area contributed by atoms with Crippen molar-refractivity contribution in [1.82, 2.24) is 0 Å². The molecule has 0 bridgehead atoms. The number of rotatable bonds is 4. The number of nitroso groups, excluding NO2 is 1. The van der Waals surface area contributed by atoms with E-state index in [9.17, 15) is 4.91 Å². The maximum atomic E-state index is 10.5. The zero-order valence-corrected chi connectivity index (χ0v) is 8.72. The first-order valence-electron chi connectivity index (χ1n) is 4.46. The normalized spacial score (nSPS) is 15.9. The SMILES string of the molecule is C/C=C(/C)C(C)(C)C(CC)N=O. The van der Waals surface area contributed by atoms with E-state index in [0.29, 0.717) is 0 Å². The molecule has 0 aliphatic heterocycles. The Morgan fingerprint density at radius 2 is 2.08 bits per heavy atom. The average Bonchev–Trinajstić information content (AvgIpc) is 2.04. The number of hydrogen-bond acceptors (Lipinski definition) is 2. The molecule has 0 saturated carbocycles. The lowest BCUT2D eigenvalue weighted by Gasteiger charge is -2.29. The van der Waals surface area contributed by atoms with Gasteiger partial charge in [-0.3, -0.25) is 0 Å². The fourth-order valence-electron chi connectivity index (χ4n) is 1.35. The third-order valence-corrected chi connectivity index (χ3v) is 2.80. The third-order valence-electron chi connectivity index (χ3n) is 2.80. The molecule has 2 nitrogen and oxygen atoms in total. The molecule has 0 heterocycles. The van der Waals surface area contributed by atoms with Crippen LogP contribution in [0.4, 0.5) is 0 Å². The van der Waals surface area contributed by atoms with Gasteiger partial charge in [0.05, 0.1) is 0 Å². The summed E-state index contributed by atoms with van der Waals surface area (Å²) >= 11 is 0. The van der Waals surface area contributed by atoms with E-state index in [4.69, 9.17) is 0 Å². The Hall–Kier alpha value is -0.660. The minimum Gasteiger partial charge on any atom is -0.150 e. The van der Waals surface area contributed by atoms with Gasteiger partial charge in [0.2, 0.25) is 0 Å². The number of nitrogens with zero attached hydrogens (tertiary/aromatic N) is 1. The summed E-state index contributed by atoms with van der Waals surface area (Å²) < 4.78 is 0. The predicted molar refractivity (Wildman–Crippen MR) is 53.1 cm³/mol. The molecule has 70 valence electrons. The highest BCUT2D eigenvalue weighted by molar-refractivity contribution is 5.11. The summed E-state index contributed by atoms with van der Waals surface area (Å²) in [6.45, 7) is 10.2. The van der Waals surface area contributed by atoms with Crippen LogP contribution in [0, 0.1) is 10.3 Å². The molecule has 0 spiro atoms. The molecule has 0 aromatic heterocycles. The van der Waals surface area contributed by atoms with Crippen molar-refractivity contribution in [2.45, 2.75) is 47.1 Å². The smallest absolute Gasteiger partial charge is 0.100 e. The number of hydrogen-bond donors (Lipinski definition) is 0. The summed E-state index contributed by atoms with van der Waals surface area (Å²) in [6.07, 6.45) is 2.86. The quantitative estimate of drug-likeness (QED) is 0.467. The Kier molecular flexibility index (Phi) is 4.15. The molecule has 0 rings (SSSR count). The third kappa shape index (κ3) is 2.16. The molecule has 12 heavy (non-hydrogen) atoms. The molecule has 0 saturated heterocycles. The van der Waals surface area contributed by atoms with Crippen molar-refractivity contribution >= 4 is 0 Å². The first kappa shape index (κ1) is 11.3. The lowest BCUT2D eigenvalue weighted by molar-refractivity contribution is 0.339. The topological polar surface area (TPSA) is 29.4 Å². The van der Waals surface area contributed by atoms with Crippen LogP contribution in [0.1, 0.15) is 41.0 Å². The molecule has 0 aliphatic carbocycles. The average molecular weight is 169 g/mol. The highest BCUT2D eigenvalue weighted by atomic mass is 16.3. The minimum atomic E-state index is -0.103. The van der Waals surface area contributed by atoms with Crippen molar-refractivity contribution in [2.75, 3.05) is 0 Å². The Bertz CT molecular complexity index is 182. The maximum absolute atomic E-state index is 10.5. The zero-order valence-electron chi connectivity index (χ0n) is 8.72. The van der Waals surface area contributed by atoms with E-state index in [0.717, 1.165) is 6.42 Å². The van der Waals surface area contributed by atoms with Gasteiger partial charge < -0.3 is 0 Å². The van der Waals surface area contributed by atoms with Gasteiger partial charge in [0.15, 0.2) is 0 Å². The van der Waals surface area contributed by atoms with E-state index in [1.54, 1.807) is 0 Å². The van der Waals surface area contributed by atoms with Crippen LogP contribution in [0.15, 0.2) is 16.8 Å². The highest BCUT2D eigenvalue weighted by Crippen LogP contribution is 2.33. The molecule has 1 atom stereocenters. The molecular weight excluding hydrogens is 150 g/mol. The molecule has 0 N–H and O–H groups in total. The Morgan fingerprint density at radius 1 is 1.58 bits per heavy atom. The fraction of sp³-hybridized carbons (Fsp3) is 0.800. The largest absolute Gasteiger partial charge is 0.150 e. The number of allylic oxidation sites excluding steroid dienone is 1. The summed E-state index contributed by atoms with van der Waals surface area (Å²) in [7, 11) is 0. The first-order valence-corrected chi connectivity index (χ1v) is 4.46. The van der Waals surface area contributed by atoms with Crippen LogP contribution < -0.4 is 0 Å². The van der Waals surface area contributed by atoms with E-state index in [2.05, 4.69) is 19.0 Å². The van der Waals surface area contributed by atoms with Gasteiger partial charge in [-0.1, -0.05) is 37.6 Å². The van der Waals surface area contributed by atoms with Gasteiger partial charge in [0, 0.05) is 5.41 Å². The van der Waals surface area contributed by atoms with Crippen molar-refractivity contribution < 1.29 is 0 Å². The Labute approximate surface area is 75.0 Å². The van der Waals surface area contributed by atoms with Crippen LogP contribution in [0.5, 0.6) is 0 Å². The standard InChI is InChI=1S/C10H19NO/c1-6-8(3)10(4,5)9(7-2)11-12/h6,9H,7H2,1-5H3/b8-6-. The van der Waals surface area contributed by atoms with Crippen LogP contribution in [0.25, 0.3) is 0 Å². The van der Waals surface area contributed by atoms with Crippen LogP contribution in [-0.4, -0.2) is 6.04 Å². The molecule has 0 fully saturated rings. The lowest BCUT2D eigenvalue weighted by atomic mass is 9.77. The maximum Gasteiger partial charge on any atom is 0.100 e. The summed E-state index contributed by atoms with van der Waals surface area (Å²) in [4.78, 5) is 10.5. The van der Waals surface area contributed by atoms with Gasteiger partial charge in [0.25, 0.3) is 0 Å². The summed E-state index contributed by atoms with van der Waals surface area (Å²) in [5.74, 6) is 0. The molecule has 0 radical (unpaired) electrons. The van der Waals surface area contributed by atoms with E-state index in [-0.39, 0.29) is 11.5 Å². The highest BCUT2D eigenvalue weighted by Gasteiger charge is 2.30. The van der Waals surface area contributed by atoms with E-state index in [1.807, 2.05) is 26.8 Å². The molecule has 1 unspecified atom stereocenters. The van der Waals surface area contributed by atoms with E-state index in [1.165, 1.54) is 5.57 Å². The van der Waals surface area contributed by atoms with Crippen molar-refractivity contribution in [3.05, 3.63) is 16.6 Å². The zero-order chi connectivity index (χ0) is 9.78. The van der Waals surface area contributed by atoms with Crippen LogP contribution in [0.2, 0.25) is 0 Å². The van der Waals surface area contributed by atoms with Gasteiger partial charge in [-0.15, -0.1) is 0 Å². The Morgan fingerprint density at radius 3 is 2.33 bits per heavy atom. The summed E-state index contributed by atoms with van der Waals surface area (Å²) in [5.41, 5.74) is 1.14. The van der Waals surface area contributed by atoms with E-state index < -0.39 is 0 Å². The predicted octanol–water partition coefficient (Wildman–Crippen LogP) is 3.52. The Balaban J connectivity index is 4.68. The van der Waals surface area contributed by atoms with Crippen LogP contribution in [0.3, 0.4) is 0 Å². The second-order valence-corrected chi connectivity index (χ2v) is 3.72. The van der Waals surface area contributed by atoms with Crippen molar-refractivity contribution in [2.24, 2.45) is 10.6 Å². The summed E-state index contributed by atoms with van der Waals surface area (Å²) in [6, 6.07) is -0.103. The minimum absolute atomic E-state index is 0.0920. The second-order valence-electron chi connectivity index (χ2n) is 3.72. The van der Waals surface area contributed by atoms with Crippen LogP contribution >= 0.6 is 0 Å².